The molecule has 0 bridgehead atoms. The molecule has 7 nitrogen and oxygen atoms in total. The van der Waals surface area contributed by atoms with E-state index in [0.717, 1.165) is 19.7 Å². The molecule has 1 aromatic rings. The summed E-state index contributed by atoms with van der Waals surface area (Å²) in [5.74, 6) is 0.659. The van der Waals surface area contributed by atoms with Gasteiger partial charge in [-0.15, -0.1) is 0 Å². The molecule has 2 saturated heterocycles. The maximum Gasteiger partial charge on any atom is 0.258 e. The predicted octanol–water partition coefficient (Wildman–Crippen LogP) is 0.925. The van der Waals surface area contributed by atoms with Crippen molar-refractivity contribution in [2.24, 2.45) is 0 Å². The summed E-state index contributed by atoms with van der Waals surface area (Å²) in [5, 5.41) is 11.7. The van der Waals surface area contributed by atoms with Gasteiger partial charge in [-0.2, -0.15) is 5.26 Å². The van der Waals surface area contributed by atoms with Gasteiger partial charge >= 0.3 is 0 Å². The van der Waals surface area contributed by atoms with E-state index >= 15 is 0 Å². The molecule has 2 heterocycles. The summed E-state index contributed by atoms with van der Waals surface area (Å²) in [6.07, 6.45) is 2.47. The first-order valence-corrected chi connectivity index (χ1v) is 8.53. The topological polar surface area (TPSA) is 83.8 Å². The maximum absolute atomic E-state index is 12.0. The first-order valence-electron chi connectivity index (χ1n) is 8.53. The number of benzene rings is 1. The Morgan fingerprint density at radius 1 is 1.48 bits per heavy atom. The summed E-state index contributed by atoms with van der Waals surface area (Å²) in [7, 11) is 1.50. The number of nitrogens with zero attached hydrogens (tertiary/aromatic N) is 2. The number of hydrogen-bond acceptors (Lipinski definition) is 6. The molecule has 0 unspecified atom stereocenters. The minimum atomic E-state index is -0.210. The average Bonchev–Trinajstić information content (AvgIpc) is 3.12. The maximum atomic E-state index is 12.0. The van der Waals surface area contributed by atoms with E-state index in [-0.39, 0.29) is 18.6 Å². The number of morpholine rings is 1. The first kappa shape index (κ1) is 17.5. The average molecular weight is 345 g/mol. The summed E-state index contributed by atoms with van der Waals surface area (Å²) >= 11 is 0. The van der Waals surface area contributed by atoms with Gasteiger partial charge in [-0.1, -0.05) is 0 Å². The van der Waals surface area contributed by atoms with Crippen molar-refractivity contribution in [2.45, 2.75) is 25.0 Å². The first-order chi connectivity index (χ1) is 12.2. The number of hydrogen-bond donors (Lipinski definition) is 1. The van der Waals surface area contributed by atoms with Gasteiger partial charge in [-0.25, -0.2) is 0 Å². The lowest BCUT2D eigenvalue weighted by Crippen LogP contribution is -2.50. The van der Waals surface area contributed by atoms with Crippen LogP contribution in [-0.4, -0.2) is 62.9 Å². The minimum absolute atomic E-state index is 0.0303. The Balaban J connectivity index is 1.43. The number of methoxy groups -OCH3 is 1. The fraction of sp³-hybridized carbons (Fsp3) is 0.556. The third kappa shape index (κ3) is 4.41. The minimum Gasteiger partial charge on any atom is -0.493 e. The highest BCUT2D eigenvalue weighted by atomic mass is 16.5. The van der Waals surface area contributed by atoms with Crippen LogP contribution in [0.25, 0.3) is 0 Å². The summed E-state index contributed by atoms with van der Waals surface area (Å²) < 4.78 is 16.5. The molecule has 7 heteroatoms. The van der Waals surface area contributed by atoms with Crippen LogP contribution in [0.1, 0.15) is 18.4 Å². The number of ether oxygens (including phenoxy) is 3. The fourth-order valence-corrected chi connectivity index (χ4v) is 3.29. The normalized spacial score (nSPS) is 22.7. The smallest absolute Gasteiger partial charge is 0.258 e. The van der Waals surface area contributed by atoms with E-state index in [1.165, 1.54) is 20.0 Å². The van der Waals surface area contributed by atoms with Crippen LogP contribution >= 0.6 is 0 Å². The standard InChI is InChI=1S/C18H23N3O4/c1-23-17-7-13(8-19)4-5-16(17)25-12-18(22)20-9-15-10-21-6-2-3-14(21)11-24-15/h4-5,7,14-15H,2-3,6,9-12H2,1H3,(H,20,22)/t14-,15+/m1/s1. The zero-order chi connectivity index (χ0) is 17.6. The van der Waals surface area contributed by atoms with E-state index in [2.05, 4.69) is 10.2 Å². The molecule has 2 aliphatic rings. The van der Waals surface area contributed by atoms with Crippen LogP contribution in [0.5, 0.6) is 11.5 Å². The number of nitriles is 1. The van der Waals surface area contributed by atoms with Gasteiger partial charge in [0.25, 0.3) is 5.91 Å². The van der Waals surface area contributed by atoms with Gasteiger partial charge in [-0.05, 0) is 31.5 Å². The highest BCUT2D eigenvalue weighted by Gasteiger charge is 2.32. The van der Waals surface area contributed by atoms with E-state index in [1.807, 2.05) is 6.07 Å². The largest absolute Gasteiger partial charge is 0.493 e. The van der Waals surface area contributed by atoms with Crippen LogP contribution in [0.3, 0.4) is 0 Å². The predicted molar refractivity (Wildman–Crippen MR) is 90.5 cm³/mol. The number of carbonyl (C=O) groups is 1. The lowest BCUT2D eigenvalue weighted by atomic mass is 10.2. The van der Waals surface area contributed by atoms with Crippen molar-refractivity contribution in [1.82, 2.24) is 10.2 Å². The molecule has 1 aromatic carbocycles. The quantitative estimate of drug-likeness (QED) is 0.826. The van der Waals surface area contributed by atoms with Crippen molar-refractivity contribution in [2.75, 3.05) is 40.0 Å². The lowest BCUT2D eigenvalue weighted by molar-refractivity contribution is -0.124. The number of fused-ring (bicyclic) bond motifs is 1. The monoisotopic (exact) mass is 345 g/mol. The van der Waals surface area contributed by atoms with Gasteiger partial charge in [0.05, 0.1) is 31.5 Å². The van der Waals surface area contributed by atoms with E-state index in [1.54, 1.807) is 18.2 Å². The van der Waals surface area contributed by atoms with Crippen LogP contribution in [0.2, 0.25) is 0 Å². The summed E-state index contributed by atoms with van der Waals surface area (Å²) in [5.41, 5.74) is 0.475. The van der Waals surface area contributed by atoms with Crippen molar-refractivity contribution in [3.8, 4) is 17.6 Å². The number of carbonyl (C=O) groups excluding carboxylic acids is 1. The number of nitrogens with one attached hydrogen (secondary N) is 1. The van der Waals surface area contributed by atoms with Crippen molar-refractivity contribution in [1.29, 1.82) is 5.26 Å². The second-order valence-electron chi connectivity index (χ2n) is 6.32. The molecule has 0 radical (unpaired) electrons. The molecule has 0 aromatic heterocycles. The summed E-state index contributed by atoms with van der Waals surface area (Å²) in [4.78, 5) is 14.5. The molecule has 1 amide bonds. The van der Waals surface area contributed by atoms with E-state index in [9.17, 15) is 4.79 Å². The highest BCUT2D eigenvalue weighted by Crippen LogP contribution is 2.27. The molecule has 2 aliphatic heterocycles. The molecule has 2 atom stereocenters. The third-order valence-electron chi connectivity index (χ3n) is 4.64. The van der Waals surface area contributed by atoms with E-state index in [4.69, 9.17) is 19.5 Å². The zero-order valence-electron chi connectivity index (χ0n) is 14.4. The fourth-order valence-electron chi connectivity index (χ4n) is 3.29. The number of amides is 1. The number of rotatable bonds is 6. The van der Waals surface area contributed by atoms with Gasteiger partial charge < -0.3 is 19.5 Å². The Kier molecular flexibility index (Phi) is 5.74. The molecule has 134 valence electrons. The van der Waals surface area contributed by atoms with Gasteiger partial charge in [-0.3, -0.25) is 9.69 Å². The van der Waals surface area contributed by atoms with Crippen molar-refractivity contribution >= 4 is 5.91 Å². The summed E-state index contributed by atoms with van der Waals surface area (Å²) in [6, 6.07) is 7.42. The van der Waals surface area contributed by atoms with E-state index < -0.39 is 0 Å². The highest BCUT2D eigenvalue weighted by molar-refractivity contribution is 5.77. The Morgan fingerprint density at radius 2 is 2.36 bits per heavy atom. The van der Waals surface area contributed by atoms with Crippen molar-refractivity contribution < 1.29 is 19.0 Å². The van der Waals surface area contributed by atoms with Crippen LogP contribution < -0.4 is 14.8 Å². The van der Waals surface area contributed by atoms with Crippen LogP contribution in [0.4, 0.5) is 0 Å². The Labute approximate surface area is 147 Å². The van der Waals surface area contributed by atoms with E-state index in [0.29, 0.717) is 29.6 Å². The SMILES string of the molecule is COc1cc(C#N)ccc1OCC(=O)NC[C@H]1CN2CCC[C@@H]2CO1. The molecule has 25 heavy (non-hydrogen) atoms. The molecule has 2 fully saturated rings. The zero-order valence-corrected chi connectivity index (χ0v) is 14.4. The molecular weight excluding hydrogens is 322 g/mol. The van der Waals surface area contributed by atoms with Gasteiger partial charge in [0.15, 0.2) is 18.1 Å². The lowest BCUT2D eigenvalue weighted by Gasteiger charge is -2.35. The molecule has 0 spiro atoms. The third-order valence-corrected chi connectivity index (χ3v) is 4.64. The van der Waals surface area contributed by atoms with Crippen LogP contribution in [0, 0.1) is 11.3 Å². The van der Waals surface area contributed by atoms with Crippen molar-refractivity contribution in [3.63, 3.8) is 0 Å². The van der Waals surface area contributed by atoms with Crippen molar-refractivity contribution in [3.05, 3.63) is 23.8 Å². The molecule has 1 N–H and O–H groups in total. The van der Waals surface area contributed by atoms with Gasteiger partial charge in [0, 0.05) is 25.2 Å². The van der Waals surface area contributed by atoms with Crippen LogP contribution in [0.15, 0.2) is 18.2 Å². The second-order valence-corrected chi connectivity index (χ2v) is 6.32. The van der Waals surface area contributed by atoms with Crippen LogP contribution in [-0.2, 0) is 9.53 Å². The molecule has 0 saturated carbocycles. The van der Waals surface area contributed by atoms with Gasteiger partial charge in [0.1, 0.15) is 0 Å². The summed E-state index contributed by atoms with van der Waals surface area (Å²) in [6.45, 7) is 3.12. The molecule has 0 aliphatic carbocycles. The Bertz CT molecular complexity index is 658. The Morgan fingerprint density at radius 3 is 3.16 bits per heavy atom. The molecule has 3 rings (SSSR count). The second kappa shape index (κ2) is 8.19. The molecular formula is C18H23N3O4. The Hall–Kier alpha value is -2.30. The van der Waals surface area contributed by atoms with Gasteiger partial charge in [0.2, 0.25) is 0 Å².